The van der Waals surface area contributed by atoms with Gasteiger partial charge in [0.15, 0.2) is 0 Å². The van der Waals surface area contributed by atoms with Crippen molar-refractivity contribution in [3.05, 3.63) is 50.9 Å². The number of rotatable bonds is 2. The Bertz CT molecular complexity index is 756. The lowest BCUT2D eigenvalue weighted by Crippen LogP contribution is -2.13. The van der Waals surface area contributed by atoms with Gasteiger partial charge in [0.2, 0.25) is 0 Å². The van der Waals surface area contributed by atoms with E-state index in [1.54, 1.807) is 6.20 Å². The van der Waals surface area contributed by atoms with Crippen LogP contribution in [0.2, 0.25) is 0 Å². The standard InChI is InChI=1S/C11H10BrN5O/c12-8-4-14-10(17-8)9(13)5-1-2-6-7(3-5)16-11(18)15-6/h1-4,9H,13H2,(H,14,17)(H2,15,16,18). The van der Waals surface area contributed by atoms with Crippen molar-refractivity contribution in [2.24, 2.45) is 5.73 Å². The molecule has 0 fully saturated rings. The summed E-state index contributed by atoms with van der Waals surface area (Å²) >= 11 is 3.29. The van der Waals surface area contributed by atoms with Gasteiger partial charge >= 0.3 is 5.69 Å². The fourth-order valence-electron chi connectivity index (χ4n) is 1.87. The van der Waals surface area contributed by atoms with E-state index in [0.29, 0.717) is 5.82 Å². The van der Waals surface area contributed by atoms with Crippen LogP contribution in [0.5, 0.6) is 0 Å². The number of aromatic nitrogens is 4. The van der Waals surface area contributed by atoms with E-state index in [9.17, 15) is 4.79 Å². The van der Waals surface area contributed by atoms with E-state index >= 15 is 0 Å². The van der Waals surface area contributed by atoms with Crippen molar-refractivity contribution in [1.29, 1.82) is 0 Å². The van der Waals surface area contributed by atoms with Crippen molar-refractivity contribution < 1.29 is 0 Å². The number of nitrogens with one attached hydrogen (secondary N) is 3. The summed E-state index contributed by atoms with van der Waals surface area (Å²) in [5, 5.41) is 0. The Morgan fingerprint density at radius 1 is 1.22 bits per heavy atom. The van der Waals surface area contributed by atoms with E-state index in [1.807, 2.05) is 18.2 Å². The third-order valence-corrected chi connectivity index (χ3v) is 3.16. The summed E-state index contributed by atoms with van der Waals surface area (Å²) in [6, 6.07) is 5.17. The van der Waals surface area contributed by atoms with Crippen LogP contribution >= 0.6 is 15.9 Å². The smallest absolute Gasteiger partial charge is 0.323 e. The number of nitrogens with two attached hydrogens (primary N) is 1. The molecule has 0 saturated carbocycles. The van der Waals surface area contributed by atoms with Crippen LogP contribution < -0.4 is 11.4 Å². The fourth-order valence-corrected chi connectivity index (χ4v) is 2.18. The third-order valence-electron chi connectivity index (χ3n) is 2.76. The van der Waals surface area contributed by atoms with Crippen molar-refractivity contribution in [2.75, 3.05) is 0 Å². The number of imidazole rings is 2. The normalized spacial score (nSPS) is 13.0. The van der Waals surface area contributed by atoms with Crippen LogP contribution in [-0.2, 0) is 0 Å². The van der Waals surface area contributed by atoms with Crippen molar-refractivity contribution >= 4 is 27.0 Å². The van der Waals surface area contributed by atoms with E-state index in [0.717, 1.165) is 21.2 Å². The van der Waals surface area contributed by atoms with E-state index < -0.39 is 0 Å². The first kappa shape index (κ1) is 11.2. The van der Waals surface area contributed by atoms with E-state index in [-0.39, 0.29) is 11.7 Å². The van der Waals surface area contributed by atoms with Crippen molar-refractivity contribution in [2.45, 2.75) is 6.04 Å². The molecule has 0 amide bonds. The number of halogens is 1. The Hall–Kier alpha value is -1.86. The molecule has 1 atom stereocenters. The zero-order valence-corrected chi connectivity index (χ0v) is 10.8. The van der Waals surface area contributed by atoms with Gasteiger partial charge in [-0.15, -0.1) is 0 Å². The van der Waals surface area contributed by atoms with Gasteiger partial charge in [0, 0.05) is 0 Å². The lowest BCUT2D eigenvalue weighted by Gasteiger charge is -2.08. The van der Waals surface area contributed by atoms with Gasteiger partial charge in [0.25, 0.3) is 0 Å². The molecule has 0 aliphatic heterocycles. The Balaban J connectivity index is 2.05. The molecule has 3 rings (SSSR count). The zero-order valence-electron chi connectivity index (χ0n) is 9.20. The molecule has 0 aliphatic rings. The maximum absolute atomic E-state index is 11.2. The molecular formula is C11H10BrN5O. The average Bonchev–Trinajstić information content (AvgIpc) is 2.92. The van der Waals surface area contributed by atoms with Crippen LogP contribution in [0.4, 0.5) is 0 Å². The van der Waals surface area contributed by atoms with Gasteiger partial charge in [-0.25, -0.2) is 9.78 Å². The van der Waals surface area contributed by atoms with Crippen LogP contribution in [0.15, 0.2) is 33.8 Å². The monoisotopic (exact) mass is 307 g/mol. The van der Waals surface area contributed by atoms with Gasteiger partial charge in [0.1, 0.15) is 10.4 Å². The van der Waals surface area contributed by atoms with Crippen LogP contribution in [0.1, 0.15) is 17.4 Å². The molecule has 0 spiro atoms. The minimum Gasteiger partial charge on any atom is -0.335 e. The van der Waals surface area contributed by atoms with Crippen molar-refractivity contribution in [3.63, 3.8) is 0 Å². The maximum Gasteiger partial charge on any atom is 0.323 e. The Morgan fingerprint density at radius 3 is 2.72 bits per heavy atom. The maximum atomic E-state index is 11.2. The quantitative estimate of drug-likeness (QED) is 0.575. The van der Waals surface area contributed by atoms with Crippen LogP contribution in [0.25, 0.3) is 11.0 Å². The summed E-state index contributed by atoms with van der Waals surface area (Å²) in [5.41, 5.74) is 8.26. The Kier molecular flexibility index (Phi) is 2.57. The average molecular weight is 308 g/mol. The van der Waals surface area contributed by atoms with Crippen LogP contribution in [0.3, 0.4) is 0 Å². The van der Waals surface area contributed by atoms with Gasteiger partial charge in [-0.2, -0.15) is 0 Å². The summed E-state index contributed by atoms with van der Waals surface area (Å²) in [6.45, 7) is 0. The third kappa shape index (κ3) is 1.87. The number of fused-ring (bicyclic) bond motifs is 1. The number of H-pyrrole nitrogens is 3. The second-order valence-corrected chi connectivity index (χ2v) is 4.83. The molecular weight excluding hydrogens is 298 g/mol. The molecule has 0 bridgehead atoms. The highest BCUT2D eigenvalue weighted by molar-refractivity contribution is 9.10. The molecule has 1 unspecified atom stereocenters. The predicted octanol–water partition coefficient (Wildman–Crippen LogP) is 1.39. The summed E-state index contributed by atoms with van der Waals surface area (Å²) in [4.78, 5) is 23.8. The first-order valence-corrected chi connectivity index (χ1v) is 6.11. The molecule has 1 aromatic carbocycles. The number of aromatic amines is 3. The number of hydrogen-bond acceptors (Lipinski definition) is 3. The minimum absolute atomic E-state index is 0.225. The molecule has 2 heterocycles. The van der Waals surface area contributed by atoms with E-state index in [4.69, 9.17) is 5.73 Å². The van der Waals surface area contributed by atoms with Crippen molar-refractivity contribution in [1.82, 2.24) is 19.9 Å². The molecule has 7 heteroatoms. The highest BCUT2D eigenvalue weighted by Crippen LogP contribution is 2.20. The zero-order chi connectivity index (χ0) is 12.7. The largest absolute Gasteiger partial charge is 0.335 e. The van der Waals surface area contributed by atoms with Gasteiger partial charge < -0.3 is 20.7 Å². The highest BCUT2D eigenvalue weighted by Gasteiger charge is 2.13. The predicted molar refractivity (Wildman–Crippen MR) is 71.2 cm³/mol. The van der Waals surface area contributed by atoms with Gasteiger partial charge in [-0.3, -0.25) is 0 Å². The summed E-state index contributed by atoms with van der Waals surface area (Å²) in [6.07, 6.45) is 1.66. The molecule has 2 aromatic heterocycles. The lowest BCUT2D eigenvalue weighted by molar-refractivity contribution is 0.800. The fraction of sp³-hybridized carbons (Fsp3) is 0.0909. The molecule has 5 N–H and O–H groups in total. The lowest BCUT2D eigenvalue weighted by atomic mass is 10.1. The second kappa shape index (κ2) is 4.11. The molecule has 0 radical (unpaired) electrons. The molecule has 3 aromatic rings. The molecule has 92 valence electrons. The SMILES string of the molecule is NC(c1ccc2[nH]c(=O)[nH]c2c1)c1ncc(Br)[nH]1. The molecule has 6 nitrogen and oxygen atoms in total. The minimum atomic E-state index is -0.362. The Labute approximate surface area is 110 Å². The first-order valence-electron chi connectivity index (χ1n) is 5.31. The van der Waals surface area contributed by atoms with Crippen LogP contribution in [-0.4, -0.2) is 19.9 Å². The van der Waals surface area contributed by atoms with E-state index in [1.165, 1.54) is 0 Å². The summed E-state index contributed by atoms with van der Waals surface area (Å²) < 4.78 is 0.782. The van der Waals surface area contributed by atoms with Crippen LogP contribution in [0, 0.1) is 0 Å². The number of nitrogens with zero attached hydrogens (tertiary/aromatic N) is 1. The summed E-state index contributed by atoms with van der Waals surface area (Å²) in [5.74, 6) is 0.666. The molecule has 0 saturated heterocycles. The molecule has 18 heavy (non-hydrogen) atoms. The van der Waals surface area contributed by atoms with Gasteiger partial charge in [-0.1, -0.05) is 6.07 Å². The molecule has 0 aliphatic carbocycles. The topological polar surface area (TPSA) is 103 Å². The van der Waals surface area contributed by atoms with E-state index in [2.05, 4.69) is 35.9 Å². The second-order valence-electron chi connectivity index (χ2n) is 3.98. The van der Waals surface area contributed by atoms with Gasteiger partial charge in [-0.05, 0) is 33.6 Å². The summed E-state index contributed by atoms with van der Waals surface area (Å²) in [7, 11) is 0. The number of hydrogen-bond donors (Lipinski definition) is 4. The first-order chi connectivity index (χ1) is 8.63. The number of benzene rings is 1. The van der Waals surface area contributed by atoms with Crippen molar-refractivity contribution in [3.8, 4) is 0 Å². The van der Waals surface area contributed by atoms with Gasteiger partial charge in [0.05, 0.1) is 23.3 Å². The highest BCUT2D eigenvalue weighted by atomic mass is 79.9. The Morgan fingerprint density at radius 2 is 2.00 bits per heavy atom.